The molecule has 2 bridgehead atoms. The third-order valence-electron chi connectivity index (χ3n) is 6.15. The molecule has 2 aromatic rings. The van der Waals surface area contributed by atoms with Crippen LogP contribution in [0.4, 0.5) is 9.18 Å². The van der Waals surface area contributed by atoms with Crippen molar-refractivity contribution < 1.29 is 13.9 Å². The predicted molar refractivity (Wildman–Crippen MR) is 96.6 cm³/mol. The van der Waals surface area contributed by atoms with Crippen molar-refractivity contribution in [1.29, 1.82) is 0 Å². The zero-order valence-electron chi connectivity index (χ0n) is 15.1. The van der Waals surface area contributed by atoms with E-state index in [1.807, 2.05) is 10.8 Å². The number of aromatic nitrogens is 2. The van der Waals surface area contributed by atoms with Crippen molar-refractivity contribution in [3.05, 3.63) is 53.9 Å². The smallest absolute Gasteiger partial charge is 0.411 e. The molecule has 1 aromatic carbocycles. The van der Waals surface area contributed by atoms with Gasteiger partial charge < -0.3 is 9.30 Å². The summed E-state index contributed by atoms with van der Waals surface area (Å²) in [7, 11) is 0. The van der Waals surface area contributed by atoms with Gasteiger partial charge in [-0.1, -0.05) is 12.1 Å². The van der Waals surface area contributed by atoms with Crippen molar-refractivity contribution in [1.82, 2.24) is 19.4 Å². The number of nitrogens with zero attached hydrogens (tertiary/aromatic N) is 4. The van der Waals surface area contributed by atoms with Crippen molar-refractivity contribution in [2.75, 3.05) is 26.2 Å². The first-order valence-electron chi connectivity index (χ1n) is 9.65. The third-order valence-corrected chi connectivity index (χ3v) is 6.15. The minimum absolute atomic E-state index is 0.0319. The van der Waals surface area contributed by atoms with Crippen LogP contribution >= 0.6 is 0 Å². The van der Waals surface area contributed by atoms with Crippen LogP contribution in [-0.4, -0.2) is 57.7 Å². The Morgan fingerprint density at radius 3 is 2.59 bits per heavy atom. The van der Waals surface area contributed by atoms with Gasteiger partial charge in [0.15, 0.2) is 0 Å². The van der Waals surface area contributed by atoms with E-state index >= 15 is 0 Å². The lowest BCUT2D eigenvalue weighted by molar-refractivity contribution is -0.0474. The van der Waals surface area contributed by atoms with Gasteiger partial charge in [-0.2, -0.15) is 0 Å². The van der Waals surface area contributed by atoms with Crippen molar-refractivity contribution >= 4 is 6.09 Å². The minimum atomic E-state index is -0.358. The highest BCUT2D eigenvalue weighted by Crippen LogP contribution is 2.34. The van der Waals surface area contributed by atoms with Crippen molar-refractivity contribution in [3.63, 3.8) is 0 Å². The van der Waals surface area contributed by atoms with E-state index in [-0.39, 0.29) is 24.1 Å². The molecule has 3 saturated heterocycles. The lowest BCUT2D eigenvalue weighted by Crippen LogP contribution is -2.53. The maximum absolute atomic E-state index is 13.4. The average molecular weight is 370 g/mol. The summed E-state index contributed by atoms with van der Waals surface area (Å²) in [6.45, 7) is 4.28. The number of hydrogen-bond donors (Lipinski definition) is 0. The highest BCUT2D eigenvalue weighted by molar-refractivity contribution is 5.69. The summed E-state index contributed by atoms with van der Waals surface area (Å²) in [4.78, 5) is 21.7. The average Bonchev–Trinajstić information content (AvgIpc) is 3.18. The van der Waals surface area contributed by atoms with Crippen LogP contribution in [-0.2, 0) is 11.3 Å². The number of rotatable bonds is 2. The molecule has 1 amide bonds. The second-order valence-electron chi connectivity index (χ2n) is 7.69. The highest BCUT2D eigenvalue weighted by atomic mass is 19.1. The zero-order valence-corrected chi connectivity index (χ0v) is 15.1. The largest absolute Gasteiger partial charge is 0.444 e. The van der Waals surface area contributed by atoms with Gasteiger partial charge in [0.05, 0.1) is 0 Å². The van der Waals surface area contributed by atoms with Gasteiger partial charge in [-0.3, -0.25) is 9.80 Å². The fourth-order valence-electron chi connectivity index (χ4n) is 4.65. The van der Waals surface area contributed by atoms with Gasteiger partial charge >= 0.3 is 6.09 Å². The fraction of sp³-hybridized carbons (Fsp3) is 0.500. The number of benzene rings is 1. The van der Waals surface area contributed by atoms with Gasteiger partial charge in [-0.05, 0) is 49.5 Å². The number of piperidine rings is 3. The van der Waals surface area contributed by atoms with E-state index in [2.05, 4.69) is 9.88 Å². The fourth-order valence-corrected chi connectivity index (χ4v) is 4.65. The molecule has 6 rings (SSSR count). The molecule has 0 N–H and O–H groups in total. The SMILES string of the molecule is O=C(O[C@H]1CN2CCC1CC2)N1CCn2ccnc2C1c1ccc(F)cc1. The van der Waals surface area contributed by atoms with E-state index < -0.39 is 0 Å². The minimum Gasteiger partial charge on any atom is -0.444 e. The quantitative estimate of drug-likeness (QED) is 0.816. The lowest BCUT2D eigenvalue weighted by Gasteiger charge is -2.45. The second-order valence-corrected chi connectivity index (χ2v) is 7.69. The van der Waals surface area contributed by atoms with E-state index in [9.17, 15) is 9.18 Å². The molecule has 27 heavy (non-hydrogen) atoms. The molecule has 2 atom stereocenters. The first kappa shape index (κ1) is 16.7. The van der Waals surface area contributed by atoms with Crippen molar-refractivity contribution in [2.45, 2.75) is 31.5 Å². The van der Waals surface area contributed by atoms with Crippen LogP contribution in [0.25, 0.3) is 0 Å². The van der Waals surface area contributed by atoms with E-state index in [1.165, 1.54) is 12.1 Å². The van der Waals surface area contributed by atoms with Crippen molar-refractivity contribution in [2.24, 2.45) is 5.92 Å². The maximum atomic E-state index is 13.4. The van der Waals surface area contributed by atoms with Gasteiger partial charge in [0.25, 0.3) is 0 Å². The Morgan fingerprint density at radius 2 is 1.89 bits per heavy atom. The Morgan fingerprint density at radius 1 is 1.11 bits per heavy atom. The molecule has 0 aliphatic carbocycles. The summed E-state index contributed by atoms with van der Waals surface area (Å²) in [5, 5.41) is 0. The molecule has 142 valence electrons. The number of halogens is 1. The molecule has 1 aromatic heterocycles. The Labute approximate surface area is 157 Å². The predicted octanol–water partition coefficient (Wildman–Crippen LogP) is 2.66. The molecule has 4 aliphatic rings. The van der Waals surface area contributed by atoms with E-state index in [0.29, 0.717) is 19.0 Å². The molecule has 0 saturated carbocycles. The summed E-state index contributed by atoms with van der Waals surface area (Å²) in [5.74, 6) is 0.966. The topological polar surface area (TPSA) is 50.6 Å². The lowest BCUT2D eigenvalue weighted by atomic mass is 9.86. The summed E-state index contributed by atoms with van der Waals surface area (Å²) in [5.41, 5.74) is 0.842. The summed E-state index contributed by atoms with van der Waals surface area (Å²) < 4.78 is 21.4. The number of fused-ring (bicyclic) bond motifs is 4. The monoisotopic (exact) mass is 370 g/mol. The molecular formula is C20H23FN4O2. The summed E-state index contributed by atoms with van der Waals surface area (Å²) in [6.07, 6.45) is 5.54. The number of carbonyl (C=O) groups is 1. The van der Waals surface area contributed by atoms with E-state index in [0.717, 1.165) is 43.9 Å². The van der Waals surface area contributed by atoms with Crippen LogP contribution in [0, 0.1) is 11.7 Å². The molecule has 5 heterocycles. The number of hydrogen-bond acceptors (Lipinski definition) is 4. The highest BCUT2D eigenvalue weighted by Gasteiger charge is 2.40. The molecule has 7 heteroatoms. The van der Waals surface area contributed by atoms with E-state index in [4.69, 9.17) is 4.74 Å². The number of carbonyl (C=O) groups excluding carboxylic acids is 1. The number of amides is 1. The Balaban J connectivity index is 1.41. The number of imidazole rings is 1. The Kier molecular flexibility index (Phi) is 4.11. The molecule has 3 fully saturated rings. The zero-order chi connectivity index (χ0) is 18.4. The molecule has 1 unspecified atom stereocenters. The van der Waals surface area contributed by atoms with Gasteiger partial charge in [0.2, 0.25) is 0 Å². The van der Waals surface area contributed by atoms with Gasteiger partial charge in [-0.25, -0.2) is 14.2 Å². The number of ether oxygens (including phenoxy) is 1. The normalized spacial score (nSPS) is 29.4. The summed E-state index contributed by atoms with van der Waals surface area (Å²) in [6, 6.07) is 5.93. The molecule has 0 radical (unpaired) electrons. The van der Waals surface area contributed by atoms with Gasteiger partial charge in [0.1, 0.15) is 23.8 Å². The van der Waals surface area contributed by atoms with Crippen LogP contribution in [0.3, 0.4) is 0 Å². The Hall–Kier alpha value is -2.41. The third kappa shape index (κ3) is 3.00. The van der Waals surface area contributed by atoms with Crippen LogP contribution in [0.2, 0.25) is 0 Å². The molecular weight excluding hydrogens is 347 g/mol. The molecule has 6 nitrogen and oxygen atoms in total. The van der Waals surface area contributed by atoms with Gasteiger partial charge in [-0.15, -0.1) is 0 Å². The van der Waals surface area contributed by atoms with Crippen molar-refractivity contribution in [3.8, 4) is 0 Å². The first-order valence-corrected chi connectivity index (χ1v) is 9.65. The first-order chi connectivity index (χ1) is 13.2. The molecule has 4 aliphatic heterocycles. The van der Waals surface area contributed by atoms with Crippen LogP contribution < -0.4 is 0 Å². The van der Waals surface area contributed by atoms with E-state index in [1.54, 1.807) is 23.2 Å². The standard InChI is InChI=1S/C20H23FN4O2/c21-16-3-1-15(2-4-16)18-19-22-7-10-24(19)11-12-25(18)20(26)27-17-13-23-8-5-14(17)6-9-23/h1-4,7,10,14,17-18H,5-6,8-9,11-13H2/t17-,18?/m0/s1. The maximum Gasteiger partial charge on any atom is 0.411 e. The van der Waals surface area contributed by atoms with Crippen LogP contribution in [0.1, 0.15) is 30.3 Å². The van der Waals surface area contributed by atoms with Crippen LogP contribution in [0.5, 0.6) is 0 Å². The van der Waals surface area contributed by atoms with Gasteiger partial charge in [0, 0.05) is 32.0 Å². The van der Waals surface area contributed by atoms with Crippen LogP contribution in [0.15, 0.2) is 36.7 Å². The molecule has 0 spiro atoms. The Bertz CT molecular complexity index is 829. The second kappa shape index (κ2) is 6.64. The summed E-state index contributed by atoms with van der Waals surface area (Å²) >= 11 is 0.